The van der Waals surface area contributed by atoms with Crippen molar-refractivity contribution in [2.45, 2.75) is 6.04 Å². The number of pyridine rings is 1. The average molecular weight is 243 g/mol. The molecule has 0 aromatic carbocycles. The van der Waals surface area contributed by atoms with Crippen LogP contribution in [0.1, 0.15) is 11.6 Å². The van der Waals surface area contributed by atoms with Gasteiger partial charge in [0.25, 0.3) is 0 Å². The number of halogens is 1. The molecule has 1 aromatic heterocycles. The first-order valence-corrected chi connectivity index (χ1v) is 4.32. The molecule has 1 N–H and O–H groups in total. The van der Waals surface area contributed by atoms with E-state index in [1.165, 1.54) is 0 Å². The van der Waals surface area contributed by atoms with Crippen molar-refractivity contribution in [3.63, 3.8) is 0 Å². The highest BCUT2D eigenvalue weighted by Crippen LogP contribution is 2.19. The van der Waals surface area contributed by atoms with Crippen LogP contribution in [-0.2, 0) is 0 Å². The van der Waals surface area contributed by atoms with E-state index in [2.05, 4.69) is 30.9 Å². The van der Waals surface area contributed by atoms with E-state index in [-0.39, 0.29) is 6.61 Å². The molecule has 0 spiro atoms. The van der Waals surface area contributed by atoms with Gasteiger partial charge in [0.05, 0.1) is 12.6 Å². The molecule has 0 aliphatic rings. The van der Waals surface area contributed by atoms with Gasteiger partial charge in [-0.3, -0.25) is 4.98 Å². The van der Waals surface area contributed by atoms with Gasteiger partial charge in [0.2, 0.25) is 0 Å². The minimum Gasteiger partial charge on any atom is -0.396 e. The molecule has 1 rings (SSSR count). The van der Waals surface area contributed by atoms with E-state index in [0.717, 1.165) is 4.47 Å². The van der Waals surface area contributed by atoms with E-state index in [4.69, 9.17) is 10.6 Å². The summed E-state index contributed by atoms with van der Waals surface area (Å²) < 4.78 is 0.789. The van der Waals surface area contributed by atoms with Crippen molar-refractivity contribution in [3.8, 4) is 0 Å². The van der Waals surface area contributed by atoms with Gasteiger partial charge in [-0.25, -0.2) is 0 Å². The first-order chi connectivity index (χ1) is 6.27. The third-order valence-corrected chi connectivity index (χ3v) is 1.91. The predicted octanol–water partition coefficient (Wildman–Crippen LogP) is 2.19. The number of hydrogen-bond donors (Lipinski definition) is 1. The molecule has 0 amide bonds. The maximum absolute atomic E-state index is 8.89. The van der Waals surface area contributed by atoms with Crippen LogP contribution in [0, 0.1) is 0 Å². The summed E-state index contributed by atoms with van der Waals surface area (Å²) in [7, 11) is 0. The van der Waals surface area contributed by atoms with Gasteiger partial charge in [-0.15, -0.1) is 0 Å². The monoisotopic (exact) mass is 242 g/mol. The summed E-state index contributed by atoms with van der Waals surface area (Å²) in [6.07, 6.45) is 3.17. The van der Waals surface area contributed by atoms with Gasteiger partial charge in [-0.2, -0.15) is 0 Å². The third-order valence-electron chi connectivity index (χ3n) is 1.47. The lowest BCUT2D eigenvalue weighted by atomic mass is 10.1. The highest BCUT2D eigenvalue weighted by Gasteiger charge is 2.07. The van der Waals surface area contributed by atoms with Crippen LogP contribution in [0.25, 0.3) is 10.4 Å². The van der Waals surface area contributed by atoms with Gasteiger partial charge >= 0.3 is 0 Å². The second-order valence-corrected chi connectivity index (χ2v) is 3.26. The van der Waals surface area contributed by atoms with Crippen molar-refractivity contribution >= 4 is 15.9 Å². The number of aromatic nitrogens is 1. The largest absolute Gasteiger partial charge is 0.396 e. The normalized spacial score (nSPS) is 11.8. The Balaban J connectivity index is 2.97. The zero-order valence-electron chi connectivity index (χ0n) is 6.63. The minimum absolute atomic E-state index is 0.220. The second kappa shape index (κ2) is 4.81. The Morgan fingerprint density at radius 2 is 2.46 bits per heavy atom. The van der Waals surface area contributed by atoms with Crippen LogP contribution in [0.5, 0.6) is 0 Å². The molecule has 0 radical (unpaired) electrons. The van der Waals surface area contributed by atoms with Crippen LogP contribution < -0.4 is 0 Å². The summed E-state index contributed by atoms with van der Waals surface area (Å²) in [4.78, 5) is 6.53. The molecule has 0 saturated heterocycles. The Hall–Kier alpha value is -1.10. The summed E-state index contributed by atoms with van der Waals surface area (Å²) in [5, 5.41) is 12.3. The van der Waals surface area contributed by atoms with Crippen molar-refractivity contribution in [1.82, 2.24) is 4.98 Å². The standard InChI is InChI=1S/C7H7BrN4O/c8-6-1-5(2-10-3-6)7(4-13)11-12-9/h1-3,7,13H,4H2. The number of nitrogens with zero attached hydrogens (tertiary/aromatic N) is 4. The summed E-state index contributed by atoms with van der Waals surface area (Å²) in [6.45, 7) is -0.220. The molecule has 0 aliphatic heterocycles. The van der Waals surface area contributed by atoms with Crippen LogP contribution in [0.15, 0.2) is 28.0 Å². The molecule has 1 heterocycles. The fraction of sp³-hybridized carbons (Fsp3) is 0.286. The maximum Gasteiger partial charge on any atom is 0.0871 e. The Morgan fingerprint density at radius 3 is 3.00 bits per heavy atom. The molecule has 5 nitrogen and oxygen atoms in total. The summed E-state index contributed by atoms with van der Waals surface area (Å²) >= 11 is 3.23. The SMILES string of the molecule is [N-]=[N+]=NC(CO)c1cncc(Br)c1. The molecule has 0 bridgehead atoms. The third kappa shape index (κ3) is 2.69. The Kier molecular flexibility index (Phi) is 3.70. The molecule has 1 unspecified atom stereocenters. The van der Waals surface area contributed by atoms with Crippen molar-refractivity contribution in [1.29, 1.82) is 0 Å². The highest BCUT2D eigenvalue weighted by molar-refractivity contribution is 9.10. The van der Waals surface area contributed by atoms with Gasteiger partial charge in [-0.1, -0.05) is 5.11 Å². The van der Waals surface area contributed by atoms with Crippen LogP contribution in [0.4, 0.5) is 0 Å². The van der Waals surface area contributed by atoms with E-state index in [0.29, 0.717) is 5.56 Å². The quantitative estimate of drug-likeness (QED) is 0.501. The second-order valence-electron chi connectivity index (χ2n) is 2.34. The number of rotatable bonds is 3. The summed E-state index contributed by atoms with van der Waals surface area (Å²) in [6, 6.07) is 1.19. The van der Waals surface area contributed by atoms with Crippen LogP contribution in [0.3, 0.4) is 0 Å². The maximum atomic E-state index is 8.89. The zero-order chi connectivity index (χ0) is 9.68. The molecule has 0 fully saturated rings. The topological polar surface area (TPSA) is 81.9 Å². The van der Waals surface area contributed by atoms with Gasteiger partial charge in [0.15, 0.2) is 0 Å². The van der Waals surface area contributed by atoms with E-state index < -0.39 is 6.04 Å². The smallest absolute Gasteiger partial charge is 0.0871 e. The van der Waals surface area contributed by atoms with Gasteiger partial charge < -0.3 is 5.11 Å². The lowest BCUT2D eigenvalue weighted by Crippen LogP contribution is -2.00. The molecule has 6 heteroatoms. The number of hydrogen-bond acceptors (Lipinski definition) is 3. The Morgan fingerprint density at radius 1 is 1.69 bits per heavy atom. The Bertz CT molecular complexity index is 337. The molecule has 68 valence electrons. The Labute approximate surface area is 83.2 Å². The molecule has 13 heavy (non-hydrogen) atoms. The first kappa shape index (κ1) is 9.98. The number of azide groups is 1. The average Bonchev–Trinajstić information content (AvgIpc) is 2.14. The van der Waals surface area contributed by atoms with Gasteiger partial charge in [-0.05, 0) is 33.1 Å². The summed E-state index contributed by atoms with van der Waals surface area (Å²) in [5.74, 6) is 0. The van der Waals surface area contributed by atoms with Crippen molar-refractivity contribution in [3.05, 3.63) is 38.9 Å². The minimum atomic E-state index is -0.560. The van der Waals surface area contributed by atoms with E-state index in [9.17, 15) is 0 Å². The summed E-state index contributed by atoms with van der Waals surface area (Å²) in [5.41, 5.74) is 8.90. The van der Waals surface area contributed by atoms with E-state index in [1.807, 2.05) is 0 Å². The van der Waals surface area contributed by atoms with Gasteiger partial charge in [0, 0.05) is 21.8 Å². The van der Waals surface area contributed by atoms with Crippen molar-refractivity contribution in [2.24, 2.45) is 5.11 Å². The zero-order valence-corrected chi connectivity index (χ0v) is 8.22. The van der Waals surface area contributed by atoms with Crippen LogP contribution in [-0.4, -0.2) is 16.7 Å². The van der Waals surface area contributed by atoms with Crippen molar-refractivity contribution < 1.29 is 5.11 Å². The molecule has 1 atom stereocenters. The molecular weight excluding hydrogens is 236 g/mol. The highest BCUT2D eigenvalue weighted by atomic mass is 79.9. The molecule has 0 saturated carbocycles. The molecule has 1 aromatic rings. The van der Waals surface area contributed by atoms with E-state index >= 15 is 0 Å². The lowest BCUT2D eigenvalue weighted by Gasteiger charge is -2.06. The van der Waals surface area contributed by atoms with E-state index in [1.54, 1.807) is 18.5 Å². The number of aliphatic hydroxyl groups excluding tert-OH is 1. The predicted molar refractivity (Wildman–Crippen MR) is 50.9 cm³/mol. The van der Waals surface area contributed by atoms with Crippen molar-refractivity contribution in [2.75, 3.05) is 6.61 Å². The molecule has 0 aliphatic carbocycles. The van der Waals surface area contributed by atoms with Gasteiger partial charge in [0.1, 0.15) is 0 Å². The van der Waals surface area contributed by atoms with Crippen LogP contribution >= 0.6 is 15.9 Å². The fourth-order valence-electron chi connectivity index (χ4n) is 0.881. The number of aliphatic hydroxyl groups is 1. The first-order valence-electron chi connectivity index (χ1n) is 3.53. The lowest BCUT2D eigenvalue weighted by molar-refractivity contribution is 0.267. The van der Waals surface area contributed by atoms with Crippen LogP contribution in [0.2, 0.25) is 0 Å². The fourth-order valence-corrected chi connectivity index (χ4v) is 1.26. The molecular formula is C7H7BrN4O.